The first-order valence-corrected chi connectivity index (χ1v) is 6.58. The van der Waals surface area contributed by atoms with E-state index in [1.54, 1.807) is 12.4 Å². The molecule has 1 aliphatic heterocycles. The summed E-state index contributed by atoms with van der Waals surface area (Å²) in [7, 11) is 2.13. The minimum atomic E-state index is 0.159. The molecule has 1 unspecified atom stereocenters. The molecule has 1 aliphatic rings. The van der Waals surface area contributed by atoms with Gasteiger partial charge in [-0.05, 0) is 50.0 Å². The smallest absolute Gasteiger partial charge is 0.220 e. The number of aromatic nitrogens is 1. The summed E-state index contributed by atoms with van der Waals surface area (Å²) >= 11 is 0. The second-order valence-electron chi connectivity index (χ2n) is 5.11. The molecule has 0 saturated carbocycles. The predicted octanol–water partition coefficient (Wildman–Crippen LogP) is 1.43. The average Bonchev–Trinajstić information content (AvgIpc) is 2.38. The van der Waals surface area contributed by atoms with Gasteiger partial charge in [0.2, 0.25) is 5.91 Å². The molecule has 0 aromatic carbocycles. The Morgan fingerprint density at radius 2 is 2.28 bits per heavy atom. The molecule has 4 nitrogen and oxygen atoms in total. The molecule has 1 aromatic rings. The number of pyridine rings is 1. The number of piperidine rings is 1. The van der Waals surface area contributed by atoms with Crippen molar-refractivity contribution in [1.29, 1.82) is 0 Å². The number of hydrogen-bond acceptors (Lipinski definition) is 3. The van der Waals surface area contributed by atoms with Crippen LogP contribution in [0, 0.1) is 5.92 Å². The van der Waals surface area contributed by atoms with Crippen molar-refractivity contribution in [3.05, 3.63) is 30.1 Å². The minimum absolute atomic E-state index is 0.159. The molecule has 0 radical (unpaired) electrons. The summed E-state index contributed by atoms with van der Waals surface area (Å²) < 4.78 is 0. The molecule has 18 heavy (non-hydrogen) atoms. The largest absolute Gasteiger partial charge is 0.352 e. The number of likely N-dealkylation sites (tertiary alicyclic amines) is 1. The summed E-state index contributed by atoms with van der Waals surface area (Å²) in [4.78, 5) is 18.1. The molecule has 1 fully saturated rings. The molecular formula is C14H21N3O. The average molecular weight is 247 g/mol. The highest BCUT2D eigenvalue weighted by atomic mass is 16.1. The van der Waals surface area contributed by atoms with Crippen LogP contribution in [0.4, 0.5) is 0 Å². The third-order valence-corrected chi connectivity index (χ3v) is 3.44. The van der Waals surface area contributed by atoms with Crippen molar-refractivity contribution in [2.75, 3.05) is 20.1 Å². The van der Waals surface area contributed by atoms with Gasteiger partial charge in [-0.3, -0.25) is 9.78 Å². The maximum Gasteiger partial charge on any atom is 0.220 e. The zero-order valence-electron chi connectivity index (χ0n) is 10.9. The molecule has 1 saturated heterocycles. The highest BCUT2D eigenvalue weighted by Crippen LogP contribution is 2.18. The number of rotatable bonds is 4. The Bertz CT molecular complexity index is 380. The summed E-state index contributed by atoms with van der Waals surface area (Å²) in [5.41, 5.74) is 1.10. The van der Waals surface area contributed by atoms with Gasteiger partial charge in [-0.2, -0.15) is 0 Å². The molecule has 1 atom stereocenters. The van der Waals surface area contributed by atoms with Gasteiger partial charge in [0.25, 0.3) is 0 Å². The topological polar surface area (TPSA) is 45.2 Å². The van der Waals surface area contributed by atoms with E-state index in [0.29, 0.717) is 18.9 Å². The van der Waals surface area contributed by atoms with E-state index in [9.17, 15) is 4.79 Å². The van der Waals surface area contributed by atoms with E-state index in [2.05, 4.69) is 22.2 Å². The summed E-state index contributed by atoms with van der Waals surface area (Å²) in [5, 5.41) is 2.98. The molecule has 1 amide bonds. The minimum Gasteiger partial charge on any atom is -0.352 e. The van der Waals surface area contributed by atoms with Gasteiger partial charge < -0.3 is 10.2 Å². The lowest BCUT2D eigenvalue weighted by Crippen LogP contribution is -2.35. The number of hydrogen-bond donors (Lipinski definition) is 1. The Morgan fingerprint density at radius 3 is 3.00 bits per heavy atom. The lowest BCUT2D eigenvalue weighted by Gasteiger charge is -2.29. The van der Waals surface area contributed by atoms with Crippen molar-refractivity contribution in [2.45, 2.75) is 25.8 Å². The monoisotopic (exact) mass is 247 g/mol. The number of carbonyl (C=O) groups is 1. The first kappa shape index (κ1) is 13.0. The van der Waals surface area contributed by atoms with E-state index in [1.807, 2.05) is 12.1 Å². The van der Waals surface area contributed by atoms with E-state index in [1.165, 1.54) is 12.8 Å². The van der Waals surface area contributed by atoms with Crippen LogP contribution in [0.2, 0.25) is 0 Å². The van der Waals surface area contributed by atoms with Gasteiger partial charge in [-0.1, -0.05) is 0 Å². The van der Waals surface area contributed by atoms with Crippen LogP contribution in [0.5, 0.6) is 0 Å². The number of amides is 1. The Balaban J connectivity index is 1.72. The van der Waals surface area contributed by atoms with Crippen molar-refractivity contribution in [2.24, 2.45) is 5.92 Å². The molecule has 2 rings (SSSR count). The van der Waals surface area contributed by atoms with E-state index in [4.69, 9.17) is 0 Å². The molecule has 1 aromatic heterocycles. The fourth-order valence-electron chi connectivity index (χ4n) is 2.48. The van der Waals surface area contributed by atoms with Crippen molar-refractivity contribution in [3.8, 4) is 0 Å². The van der Waals surface area contributed by atoms with Crippen molar-refractivity contribution < 1.29 is 4.79 Å². The SMILES string of the molecule is CN1CCCC(CC(=O)NCc2ccncc2)C1. The van der Waals surface area contributed by atoms with E-state index in [-0.39, 0.29) is 5.91 Å². The highest BCUT2D eigenvalue weighted by molar-refractivity contribution is 5.76. The van der Waals surface area contributed by atoms with Gasteiger partial charge in [0.15, 0.2) is 0 Å². The Labute approximate surface area is 108 Å². The van der Waals surface area contributed by atoms with Crippen molar-refractivity contribution >= 4 is 5.91 Å². The third kappa shape index (κ3) is 4.11. The Morgan fingerprint density at radius 1 is 1.50 bits per heavy atom. The molecule has 0 bridgehead atoms. The second-order valence-corrected chi connectivity index (χ2v) is 5.11. The Hall–Kier alpha value is -1.42. The van der Waals surface area contributed by atoms with Crippen LogP contribution in [0.3, 0.4) is 0 Å². The highest BCUT2D eigenvalue weighted by Gasteiger charge is 2.19. The maximum atomic E-state index is 11.8. The lowest BCUT2D eigenvalue weighted by atomic mass is 9.95. The molecule has 0 aliphatic carbocycles. The summed E-state index contributed by atoms with van der Waals surface area (Å²) in [6.07, 6.45) is 6.52. The quantitative estimate of drug-likeness (QED) is 0.875. The van der Waals surface area contributed by atoms with Crippen LogP contribution in [-0.2, 0) is 11.3 Å². The van der Waals surface area contributed by atoms with Crippen LogP contribution < -0.4 is 5.32 Å². The summed E-state index contributed by atoms with van der Waals surface area (Å²) in [6.45, 7) is 2.81. The zero-order valence-corrected chi connectivity index (χ0v) is 10.9. The summed E-state index contributed by atoms with van der Waals surface area (Å²) in [6, 6.07) is 3.85. The second kappa shape index (κ2) is 6.50. The van der Waals surface area contributed by atoms with Gasteiger partial charge in [-0.15, -0.1) is 0 Å². The fourth-order valence-corrected chi connectivity index (χ4v) is 2.48. The number of nitrogens with one attached hydrogen (secondary N) is 1. The normalized spacial score (nSPS) is 20.6. The van der Waals surface area contributed by atoms with Crippen molar-refractivity contribution in [1.82, 2.24) is 15.2 Å². The third-order valence-electron chi connectivity index (χ3n) is 3.44. The van der Waals surface area contributed by atoms with Gasteiger partial charge in [0, 0.05) is 31.9 Å². The van der Waals surface area contributed by atoms with Crippen LogP contribution in [-0.4, -0.2) is 35.9 Å². The zero-order chi connectivity index (χ0) is 12.8. The standard InChI is InChI=1S/C14H21N3O/c1-17-8-2-3-13(11-17)9-14(18)16-10-12-4-6-15-7-5-12/h4-7,13H,2-3,8-11H2,1H3,(H,16,18). The summed E-state index contributed by atoms with van der Waals surface area (Å²) in [5.74, 6) is 0.674. The van der Waals surface area contributed by atoms with E-state index >= 15 is 0 Å². The van der Waals surface area contributed by atoms with E-state index < -0.39 is 0 Å². The van der Waals surface area contributed by atoms with Gasteiger partial charge >= 0.3 is 0 Å². The molecule has 2 heterocycles. The number of nitrogens with zero attached hydrogens (tertiary/aromatic N) is 2. The van der Waals surface area contributed by atoms with Crippen LogP contribution >= 0.6 is 0 Å². The molecule has 98 valence electrons. The predicted molar refractivity (Wildman–Crippen MR) is 70.9 cm³/mol. The van der Waals surface area contributed by atoms with Crippen molar-refractivity contribution in [3.63, 3.8) is 0 Å². The van der Waals surface area contributed by atoms with Gasteiger partial charge in [0.05, 0.1) is 0 Å². The molecule has 0 spiro atoms. The number of carbonyl (C=O) groups excluding carboxylic acids is 1. The molecule has 4 heteroatoms. The van der Waals surface area contributed by atoms with Gasteiger partial charge in [-0.25, -0.2) is 0 Å². The first-order chi connectivity index (χ1) is 8.74. The van der Waals surface area contributed by atoms with Crippen LogP contribution in [0.15, 0.2) is 24.5 Å². The van der Waals surface area contributed by atoms with Crippen LogP contribution in [0.25, 0.3) is 0 Å². The van der Waals surface area contributed by atoms with Crippen LogP contribution in [0.1, 0.15) is 24.8 Å². The maximum absolute atomic E-state index is 11.8. The van der Waals surface area contributed by atoms with Gasteiger partial charge in [0.1, 0.15) is 0 Å². The lowest BCUT2D eigenvalue weighted by molar-refractivity contribution is -0.122. The molecular weight excluding hydrogens is 226 g/mol. The molecule has 1 N–H and O–H groups in total. The van der Waals surface area contributed by atoms with E-state index in [0.717, 1.165) is 18.7 Å². The Kier molecular flexibility index (Phi) is 4.70. The fraction of sp³-hybridized carbons (Fsp3) is 0.571. The first-order valence-electron chi connectivity index (χ1n) is 6.58.